The molecule has 3 amide bonds. The molecule has 2 aliphatic heterocycles. The number of carbonyl (C=O) groups is 3. The number of hydrazone groups is 1. The summed E-state index contributed by atoms with van der Waals surface area (Å²) in [6.07, 6.45) is 2.27. The van der Waals surface area contributed by atoms with Crippen molar-refractivity contribution in [3.8, 4) is 11.5 Å². The summed E-state index contributed by atoms with van der Waals surface area (Å²) in [5.74, 6) is -1.18. The predicted molar refractivity (Wildman–Crippen MR) is 142 cm³/mol. The lowest BCUT2D eigenvalue weighted by Gasteiger charge is -2.29. The third-order valence-corrected chi connectivity index (χ3v) is 8.59. The fraction of sp³-hybridized carbons (Fsp3) is 0.393. The van der Waals surface area contributed by atoms with Crippen LogP contribution in [0.15, 0.2) is 52.7 Å². The lowest BCUT2D eigenvalue weighted by molar-refractivity contribution is -0.141. The van der Waals surface area contributed by atoms with Crippen molar-refractivity contribution >= 4 is 41.2 Å². The maximum atomic E-state index is 13.5. The number of nitrogens with one attached hydrogen (secondary N) is 1. The largest absolute Gasteiger partial charge is 0.493 e. The number of likely N-dealkylation sites (tertiary alicyclic amines) is 1. The lowest BCUT2D eigenvalue weighted by Crippen LogP contribution is -2.44. The van der Waals surface area contributed by atoms with Crippen LogP contribution in [0.4, 0.5) is 0 Å². The van der Waals surface area contributed by atoms with Crippen molar-refractivity contribution in [3.05, 3.63) is 58.6 Å². The molecule has 0 aromatic heterocycles. The maximum Gasteiger partial charge on any atom is 0.289 e. The molecule has 39 heavy (non-hydrogen) atoms. The Bertz CT molecular complexity index is 1390. The number of fused-ring (bicyclic) bond motifs is 8. The first kappa shape index (κ1) is 25.4. The second-order valence-corrected chi connectivity index (χ2v) is 10.6. The van der Waals surface area contributed by atoms with Crippen LogP contribution in [0, 0.1) is 29.6 Å². The quantitative estimate of drug-likeness (QED) is 0.307. The number of amides is 3. The number of halogens is 1. The summed E-state index contributed by atoms with van der Waals surface area (Å²) in [4.78, 5) is 46.9. The molecule has 0 radical (unpaired) electrons. The summed E-state index contributed by atoms with van der Waals surface area (Å²) in [6, 6.07) is 12.6. The molecule has 1 saturated heterocycles. The number of ether oxygens (including phenoxy) is 2. The van der Waals surface area contributed by atoms with Crippen molar-refractivity contribution in [2.45, 2.75) is 18.9 Å². The molecular formula is C28H27ClN4O6. The highest BCUT2D eigenvalue weighted by molar-refractivity contribution is 6.40. The van der Waals surface area contributed by atoms with Crippen LogP contribution in [-0.4, -0.2) is 61.4 Å². The minimum atomic E-state index is -0.473. The molecule has 2 bridgehead atoms. The Morgan fingerprint density at radius 3 is 2.51 bits per heavy atom. The van der Waals surface area contributed by atoms with Gasteiger partial charge in [-0.3, -0.25) is 19.3 Å². The molecule has 11 heteroatoms. The molecule has 2 aromatic rings. The van der Waals surface area contributed by atoms with Crippen LogP contribution < -0.4 is 14.9 Å². The van der Waals surface area contributed by atoms with Crippen LogP contribution in [0.1, 0.15) is 17.5 Å². The van der Waals surface area contributed by atoms with Crippen molar-refractivity contribution in [2.75, 3.05) is 20.8 Å². The molecule has 2 heterocycles. The average Bonchev–Trinajstić information content (AvgIpc) is 3.69. The van der Waals surface area contributed by atoms with Gasteiger partial charge in [0.15, 0.2) is 17.2 Å². The van der Waals surface area contributed by atoms with Crippen LogP contribution in [0.2, 0.25) is 5.02 Å². The monoisotopic (exact) mass is 550 g/mol. The number of oxime groups is 1. The molecule has 202 valence electrons. The second-order valence-electron chi connectivity index (χ2n) is 10.2. The summed E-state index contributed by atoms with van der Waals surface area (Å²) in [6.45, 7) is 0.274. The zero-order chi connectivity index (χ0) is 27.3. The van der Waals surface area contributed by atoms with Gasteiger partial charge in [-0.1, -0.05) is 35.0 Å². The third-order valence-electron chi connectivity index (χ3n) is 8.34. The Hall–Kier alpha value is -3.92. The van der Waals surface area contributed by atoms with Gasteiger partial charge in [-0.05, 0) is 54.2 Å². The van der Waals surface area contributed by atoms with Gasteiger partial charge >= 0.3 is 0 Å². The van der Waals surface area contributed by atoms with E-state index in [0.717, 1.165) is 11.1 Å². The number of nitrogens with zero attached hydrogens (tertiary/aromatic N) is 3. The summed E-state index contributed by atoms with van der Waals surface area (Å²) in [7, 11) is 3.13. The summed E-state index contributed by atoms with van der Waals surface area (Å²) in [5.41, 5.74) is 4.44. The first-order chi connectivity index (χ1) is 18.9. The van der Waals surface area contributed by atoms with Gasteiger partial charge in [-0.25, -0.2) is 5.43 Å². The van der Waals surface area contributed by atoms with E-state index in [0.29, 0.717) is 29.4 Å². The maximum absolute atomic E-state index is 13.5. The minimum Gasteiger partial charge on any atom is -0.493 e. The molecule has 1 N–H and O–H groups in total. The van der Waals surface area contributed by atoms with Gasteiger partial charge in [0, 0.05) is 17.5 Å². The summed E-state index contributed by atoms with van der Waals surface area (Å²) in [5, 5.41) is 8.69. The number of carbonyl (C=O) groups excluding carboxylic acids is 3. The molecule has 10 nitrogen and oxygen atoms in total. The van der Waals surface area contributed by atoms with E-state index in [1.807, 2.05) is 12.1 Å². The Labute approximate surface area is 229 Å². The molecule has 6 atom stereocenters. The van der Waals surface area contributed by atoms with Gasteiger partial charge in [0.2, 0.25) is 11.8 Å². The summed E-state index contributed by atoms with van der Waals surface area (Å²) < 4.78 is 10.7. The molecule has 0 unspecified atom stereocenters. The average molecular weight is 551 g/mol. The van der Waals surface area contributed by atoms with E-state index >= 15 is 0 Å². The molecule has 4 aliphatic rings. The van der Waals surface area contributed by atoms with Crippen molar-refractivity contribution < 1.29 is 28.7 Å². The fourth-order valence-electron chi connectivity index (χ4n) is 6.64. The van der Waals surface area contributed by atoms with Gasteiger partial charge in [0.05, 0.1) is 38.2 Å². The van der Waals surface area contributed by atoms with E-state index in [2.05, 4.69) is 15.7 Å². The normalized spacial score (nSPS) is 28.4. The molecule has 3 fully saturated rings. The number of rotatable bonds is 8. The van der Waals surface area contributed by atoms with Crippen molar-refractivity contribution in [2.24, 2.45) is 39.8 Å². The number of methoxy groups -OCH3 is 2. The van der Waals surface area contributed by atoms with E-state index in [9.17, 15) is 14.4 Å². The molecular weight excluding hydrogens is 524 g/mol. The summed E-state index contributed by atoms with van der Waals surface area (Å²) >= 11 is 5.90. The topological polar surface area (TPSA) is 119 Å². The highest BCUT2D eigenvalue weighted by atomic mass is 35.5. The van der Waals surface area contributed by atoms with Crippen molar-refractivity contribution in [1.82, 2.24) is 10.3 Å². The Morgan fingerprint density at radius 2 is 1.79 bits per heavy atom. The molecule has 2 aromatic carbocycles. The van der Waals surface area contributed by atoms with Crippen molar-refractivity contribution in [1.29, 1.82) is 0 Å². The first-order valence-electron chi connectivity index (χ1n) is 12.8. The van der Waals surface area contributed by atoms with E-state index in [1.165, 1.54) is 11.1 Å². The number of imide groups is 1. The Morgan fingerprint density at radius 1 is 1.08 bits per heavy atom. The Kier molecular flexibility index (Phi) is 6.50. The number of benzene rings is 2. The zero-order valence-corrected chi connectivity index (χ0v) is 22.1. The van der Waals surface area contributed by atoms with E-state index in [-0.39, 0.29) is 47.9 Å². The van der Waals surface area contributed by atoms with E-state index in [4.69, 9.17) is 25.9 Å². The smallest absolute Gasteiger partial charge is 0.289 e. The van der Waals surface area contributed by atoms with Gasteiger partial charge < -0.3 is 14.3 Å². The Balaban J connectivity index is 1.12. The molecule has 2 saturated carbocycles. The SMILES string of the molecule is COc1ccc(CCN2C(=O)[C@H]3[C@H]4C[C@@H]([C@@H]5C(C(=O)N/N=C/c6ccc(Cl)cc6)=NO[C@@H]45)[C@@H]3C2=O)cc1OC. The van der Waals surface area contributed by atoms with E-state index < -0.39 is 17.7 Å². The van der Waals surface area contributed by atoms with Gasteiger partial charge in [0.25, 0.3) is 5.91 Å². The minimum absolute atomic E-state index is 0.154. The van der Waals surface area contributed by atoms with Gasteiger partial charge in [0.1, 0.15) is 6.10 Å². The van der Waals surface area contributed by atoms with Gasteiger partial charge in [-0.2, -0.15) is 5.10 Å². The molecule has 2 aliphatic carbocycles. The van der Waals surface area contributed by atoms with Crippen LogP contribution in [-0.2, 0) is 25.6 Å². The first-order valence-corrected chi connectivity index (χ1v) is 13.2. The van der Waals surface area contributed by atoms with Crippen LogP contribution in [0.5, 0.6) is 11.5 Å². The number of hydrogen-bond donors (Lipinski definition) is 1. The molecule has 0 spiro atoms. The highest BCUT2D eigenvalue weighted by Gasteiger charge is 2.70. The predicted octanol–water partition coefficient (Wildman–Crippen LogP) is 2.67. The van der Waals surface area contributed by atoms with Crippen LogP contribution >= 0.6 is 11.6 Å². The second kappa shape index (κ2) is 10.00. The van der Waals surface area contributed by atoms with Crippen LogP contribution in [0.3, 0.4) is 0 Å². The zero-order valence-electron chi connectivity index (χ0n) is 21.4. The lowest BCUT2D eigenvalue weighted by atomic mass is 9.72. The highest BCUT2D eigenvalue weighted by Crippen LogP contribution is 2.61. The fourth-order valence-corrected chi connectivity index (χ4v) is 6.77. The number of hydrogen-bond acceptors (Lipinski definition) is 8. The van der Waals surface area contributed by atoms with Gasteiger partial charge in [-0.15, -0.1) is 0 Å². The van der Waals surface area contributed by atoms with Crippen molar-refractivity contribution in [3.63, 3.8) is 0 Å². The standard InChI is InChI=1S/C28H27ClN4O6/c1-37-19-8-5-14(11-20(19)38-2)9-10-33-27(35)21-17-12-18(22(21)28(33)36)25-23(17)24(32-39-25)26(34)31-30-13-15-3-6-16(29)7-4-15/h3-8,11,13,17-18,21-23,25H,9-10,12H2,1-2H3,(H,31,34)/b30-13+/t17-,18-,21+,22+,23-,25+/m1/s1. The van der Waals surface area contributed by atoms with E-state index in [1.54, 1.807) is 44.6 Å². The molecule has 6 rings (SSSR count). The van der Waals surface area contributed by atoms with Crippen LogP contribution in [0.25, 0.3) is 0 Å². The third kappa shape index (κ3) is 4.23.